The number of fused-ring (bicyclic) bond motifs is 1. The Labute approximate surface area is 116 Å². The zero-order chi connectivity index (χ0) is 13.2. The fraction of sp³-hybridized carbons (Fsp3) is 0.133. The van der Waals surface area contributed by atoms with Gasteiger partial charge in [-0.05, 0) is 24.3 Å². The van der Waals surface area contributed by atoms with Crippen molar-refractivity contribution in [3.63, 3.8) is 0 Å². The summed E-state index contributed by atoms with van der Waals surface area (Å²) in [5, 5.41) is 5.82. The second-order valence-corrected chi connectivity index (χ2v) is 5.50. The Morgan fingerprint density at radius 3 is 2.84 bits per heavy atom. The molecule has 0 aliphatic carbocycles. The van der Waals surface area contributed by atoms with Crippen molar-refractivity contribution in [2.45, 2.75) is 10.6 Å². The van der Waals surface area contributed by atoms with Gasteiger partial charge in [0.05, 0.1) is 11.2 Å². The number of aromatic nitrogens is 2. The van der Waals surface area contributed by atoms with Crippen LogP contribution in [0.1, 0.15) is 5.69 Å². The Bertz CT molecular complexity index is 718. The van der Waals surface area contributed by atoms with E-state index < -0.39 is 0 Å². The van der Waals surface area contributed by atoms with Crippen LogP contribution in [-0.4, -0.2) is 9.78 Å². The molecule has 0 unspecified atom stereocenters. The van der Waals surface area contributed by atoms with Crippen molar-refractivity contribution >= 4 is 28.4 Å². The summed E-state index contributed by atoms with van der Waals surface area (Å²) in [6.45, 7) is 0. The van der Waals surface area contributed by atoms with Crippen molar-refractivity contribution in [3.8, 4) is 0 Å². The normalized spacial score (nSPS) is 11.0. The zero-order valence-corrected chi connectivity index (χ0v) is 11.5. The van der Waals surface area contributed by atoms with Gasteiger partial charge in [-0.2, -0.15) is 5.10 Å². The third kappa shape index (κ3) is 2.44. The Balaban J connectivity index is 1.86. The smallest absolute Gasteiger partial charge is 0.0805 e. The van der Waals surface area contributed by atoms with Gasteiger partial charge in [0.1, 0.15) is 0 Å². The molecule has 19 heavy (non-hydrogen) atoms. The molecule has 3 rings (SSSR count). The van der Waals surface area contributed by atoms with Crippen LogP contribution in [0.2, 0.25) is 0 Å². The standard InChI is InChI=1S/C15H15N3S/c1-18-15-8-3-2-7-13(15)14(17-18)10-19-12-6-4-5-11(16)9-12/h2-9H,10,16H2,1H3. The van der Waals surface area contributed by atoms with E-state index in [2.05, 4.69) is 29.4 Å². The molecule has 0 radical (unpaired) electrons. The number of benzene rings is 2. The van der Waals surface area contributed by atoms with Crippen LogP contribution in [0.15, 0.2) is 53.4 Å². The molecular formula is C15H15N3S. The van der Waals surface area contributed by atoms with Gasteiger partial charge >= 0.3 is 0 Å². The quantitative estimate of drug-likeness (QED) is 0.585. The molecule has 0 aliphatic rings. The monoisotopic (exact) mass is 269 g/mol. The molecule has 0 bridgehead atoms. The average Bonchev–Trinajstić information content (AvgIpc) is 2.74. The molecule has 3 nitrogen and oxygen atoms in total. The lowest BCUT2D eigenvalue weighted by Gasteiger charge is -2.01. The molecular weight excluding hydrogens is 254 g/mol. The first-order valence-electron chi connectivity index (χ1n) is 6.13. The van der Waals surface area contributed by atoms with Gasteiger partial charge in [0.25, 0.3) is 0 Å². The highest BCUT2D eigenvalue weighted by Crippen LogP contribution is 2.27. The molecule has 0 atom stereocenters. The van der Waals surface area contributed by atoms with Crippen LogP contribution in [0.4, 0.5) is 5.69 Å². The van der Waals surface area contributed by atoms with E-state index in [1.807, 2.05) is 36.0 Å². The lowest BCUT2D eigenvalue weighted by Crippen LogP contribution is -1.90. The van der Waals surface area contributed by atoms with Crippen LogP contribution >= 0.6 is 11.8 Å². The van der Waals surface area contributed by atoms with Crippen molar-refractivity contribution < 1.29 is 0 Å². The Morgan fingerprint density at radius 1 is 1.16 bits per heavy atom. The highest BCUT2D eigenvalue weighted by Gasteiger charge is 2.08. The lowest BCUT2D eigenvalue weighted by atomic mass is 10.2. The first-order chi connectivity index (χ1) is 9.24. The summed E-state index contributed by atoms with van der Waals surface area (Å²) in [6.07, 6.45) is 0. The van der Waals surface area contributed by atoms with Crippen LogP contribution in [-0.2, 0) is 12.8 Å². The van der Waals surface area contributed by atoms with Crippen LogP contribution < -0.4 is 5.73 Å². The van der Waals surface area contributed by atoms with E-state index in [-0.39, 0.29) is 0 Å². The molecule has 1 aromatic heterocycles. The summed E-state index contributed by atoms with van der Waals surface area (Å²) < 4.78 is 1.94. The van der Waals surface area contributed by atoms with Crippen LogP contribution in [0.5, 0.6) is 0 Å². The van der Waals surface area contributed by atoms with Gasteiger partial charge in [0, 0.05) is 28.8 Å². The van der Waals surface area contributed by atoms with E-state index in [9.17, 15) is 0 Å². The Morgan fingerprint density at radius 2 is 2.00 bits per heavy atom. The third-order valence-electron chi connectivity index (χ3n) is 3.07. The minimum absolute atomic E-state index is 0.802. The molecule has 0 saturated heterocycles. The van der Waals surface area contributed by atoms with Gasteiger partial charge in [-0.1, -0.05) is 24.3 Å². The Hall–Kier alpha value is -1.94. The number of nitrogens with zero attached hydrogens (tertiary/aromatic N) is 2. The number of nitrogen functional groups attached to an aromatic ring is 1. The van der Waals surface area contributed by atoms with E-state index in [1.54, 1.807) is 11.8 Å². The number of nitrogens with two attached hydrogens (primary N) is 1. The van der Waals surface area contributed by atoms with Crippen LogP contribution in [0, 0.1) is 0 Å². The molecule has 4 heteroatoms. The molecule has 0 aliphatic heterocycles. The molecule has 2 N–H and O–H groups in total. The average molecular weight is 269 g/mol. The number of rotatable bonds is 3. The first kappa shape index (κ1) is 12.1. The summed E-state index contributed by atoms with van der Waals surface area (Å²) >= 11 is 1.76. The maximum absolute atomic E-state index is 5.79. The number of hydrogen-bond acceptors (Lipinski definition) is 3. The van der Waals surface area contributed by atoms with Gasteiger partial charge in [-0.25, -0.2) is 0 Å². The second-order valence-electron chi connectivity index (χ2n) is 4.45. The zero-order valence-electron chi connectivity index (χ0n) is 10.7. The maximum atomic E-state index is 5.79. The summed E-state index contributed by atoms with van der Waals surface area (Å²) in [7, 11) is 1.98. The fourth-order valence-electron chi connectivity index (χ4n) is 2.15. The van der Waals surface area contributed by atoms with Crippen LogP contribution in [0.3, 0.4) is 0 Å². The molecule has 2 aromatic carbocycles. The third-order valence-corrected chi connectivity index (χ3v) is 4.07. The topological polar surface area (TPSA) is 43.8 Å². The van der Waals surface area contributed by atoms with E-state index in [0.29, 0.717) is 0 Å². The van der Waals surface area contributed by atoms with Crippen molar-refractivity contribution in [1.82, 2.24) is 9.78 Å². The Kier molecular flexibility index (Phi) is 3.17. The second kappa shape index (κ2) is 4.97. The minimum atomic E-state index is 0.802. The van der Waals surface area contributed by atoms with Crippen molar-refractivity contribution in [3.05, 3.63) is 54.2 Å². The van der Waals surface area contributed by atoms with Crippen LogP contribution in [0.25, 0.3) is 10.9 Å². The van der Waals surface area contributed by atoms with Gasteiger partial charge in [0.15, 0.2) is 0 Å². The van der Waals surface area contributed by atoms with Gasteiger partial charge in [-0.3, -0.25) is 4.68 Å². The SMILES string of the molecule is Cn1nc(CSc2cccc(N)c2)c2ccccc21. The predicted octanol–water partition coefficient (Wildman–Crippen LogP) is 3.45. The number of thioether (sulfide) groups is 1. The number of hydrogen-bond donors (Lipinski definition) is 1. The summed E-state index contributed by atoms with van der Waals surface area (Å²) in [6, 6.07) is 16.3. The van der Waals surface area contributed by atoms with E-state index in [4.69, 9.17) is 5.73 Å². The molecule has 1 heterocycles. The fourth-order valence-corrected chi connectivity index (χ4v) is 3.06. The number of anilines is 1. The maximum Gasteiger partial charge on any atom is 0.0805 e. The number of aryl methyl sites for hydroxylation is 1. The summed E-state index contributed by atoms with van der Waals surface area (Å²) in [5.41, 5.74) is 8.88. The molecule has 0 amide bonds. The number of para-hydroxylation sites is 1. The summed E-state index contributed by atoms with van der Waals surface area (Å²) in [4.78, 5) is 1.18. The van der Waals surface area contributed by atoms with E-state index in [1.165, 1.54) is 15.8 Å². The van der Waals surface area contributed by atoms with Crippen molar-refractivity contribution in [1.29, 1.82) is 0 Å². The highest BCUT2D eigenvalue weighted by atomic mass is 32.2. The van der Waals surface area contributed by atoms with Crippen molar-refractivity contribution in [2.24, 2.45) is 7.05 Å². The predicted molar refractivity (Wildman–Crippen MR) is 81.1 cm³/mol. The molecule has 0 spiro atoms. The molecule has 0 saturated carbocycles. The lowest BCUT2D eigenvalue weighted by molar-refractivity contribution is 0.781. The molecule has 0 fully saturated rings. The van der Waals surface area contributed by atoms with Crippen molar-refractivity contribution in [2.75, 3.05) is 5.73 Å². The minimum Gasteiger partial charge on any atom is -0.399 e. The van der Waals surface area contributed by atoms with Gasteiger partial charge in [-0.15, -0.1) is 11.8 Å². The van der Waals surface area contributed by atoms with E-state index in [0.717, 1.165) is 17.1 Å². The highest BCUT2D eigenvalue weighted by molar-refractivity contribution is 7.98. The summed E-state index contributed by atoms with van der Waals surface area (Å²) in [5.74, 6) is 0.852. The largest absolute Gasteiger partial charge is 0.399 e. The van der Waals surface area contributed by atoms with E-state index >= 15 is 0 Å². The first-order valence-corrected chi connectivity index (χ1v) is 7.11. The molecule has 96 valence electrons. The van der Waals surface area contributed by atoms with Gasteiger partial charge < -0.3 is 5.73 Å². The van der Waals surface area contributed by atoms with Gasteiger partial charge in [0.2, 0.25) is 0 Å². The molecule has 3 aromatic rings.